The largest absolute Gasteiger partial charge is 0.463 e. The van der Waals surface area contributed by atoms with Crippen LogP contribution >= 0.6 is 23.2 Å². The second-order valence-corrected chi connectivity index (χ2v) is 6.75. The Morgan fingerprint density at radius 3 is 2.50 bits per heavy atom. The Morgan fingerprint density at radius 2 is 1.86 bits per heavy atom. The summed E-state index contributed by atoms with van der Waals surface area (Å²) in [6, 6.07) is 8.01. The van der Waals surface area contributed by atoms with E-state index in [1.54, 1.807) is 15.9 Å². The first-order valence-corrected chi connectivity index (χ1v) is 9.92. The summed E-state index contributed by atoms with van der Waals surface area (Å²) in [5.41, 5.74) is 3.23. The highest BCUT2D eigenvalue weighted by molar-refractivity contribution is 6.27. The second-order valence-electron chi connectivity index (χ2n) is 6.22. The van der Waals surface area contributed by atoms with E-state index in [1.165, 1.54) is 5.57 Å². The maximum atomic E-state index is 11.6. The monoisotopic (exact) mass is 422 g/mol. The first-order valence-electron chi connectivity index (χ1n) is 8.85. The molecule has 0 spiro atoms. The van der Waals surface area contributed by atoms with Crippen LogP contribution in [0.1, 0.15) is 12.0 Å². The van der Waals surface area contributed by atoms with Crippen LogP contribution in [0, 0.1) is 0 Å². The Balaban J connectivity index is 1.60. The third kappa shape index (κ3) is 5.11. The Morgan fingerprint density at radius 1 is 1.11 bits per heavy atom. The van der Waals surface area contributed by atoms with Crippen LogP contribution in [0.4, 0.5) is 0 Å². The van der Waals surface area contributed by atoms with Gasteiger partial charge in [0.15, 0.2) is 5.82 Å². The fourth-order valence-corrected chi connectivity index (χ4v) is 3.15. The number of ether oxygens (including phenoxy) is 1. The van der Waals surface area contributed by atoms with Gasteiger partial charge in [-0.15, -0.1) is 23.2 Å². The third-order valence-corrected chi connectivity index (χ3v) is 4.87. The second kappa shape index (κ2) is 9.71. The number of alkyl halides is 2. The molecule has 0 N–H and O–H groups in total. The van der Waals surface area contributed by atoms with Crippen LogP contribution in [-0.2, 0) is 20.9 Å². The van der Waals surface area contributed by atoms with E-state index in [4.69, 9.17) is 27.9 Å². The molecule has 1 amide bonds. The Labute approximate surface area is 172 Å². The molecular weight excluding hydrogens is 403 g/mol. The van der Waals surface area contributed by atoms with E-state index < -0.39 is 5.97 Å². The van der Waals surface area contributed by atoms with E-state index in [1.807, 2.05) is 24.3 Å². The van der Waals surface area contributed by atoms with Crippen molar-refractivity contribution in [2.45, 2.75) is 13.0 Å². The van der Waals surface area contributed by atoms with Crippen LogP contribution in [0.3, 0.4) is 0 Å². The molecule has 7 nitrogen and oxygen atoms in total. The van der Waals surface area contributed by atoms with E-state index in [-0.39, 0.29) is 24.3 Å². The van der Waals surface area contributed by atoms with E-state index in [2.05, 4.69) is 16.2 Å². The van der Waals surface area contributed by atoms with Crippen molar-refractivity contribution in [3.63, 3.8) is 0 Å². The smallest absolute Gasteiger partial charge is 0.320 e. The summed E-state index contributed by atoms with van der Waals surface area (Å²) in [6.07, 6.45) is 4.47. The zero-order chi connectivity index (χ0) is 19.9. The lowest BCUT2D eigenvalue weighted by Gasteiger charge is -2.26. The number of amides is 1. The summed E-state index contributed by atoms with van der Waals surface area (Å²) in [5, 5.41) is 4.39. The summed E-state index contributed by atoms with van der Waals surface area (Å²) < 4.78 is 6.55. The van der Waals surface area contributed by atoms with Gasteiger partial charge in [-0.3, -0.25) is 9.59 Å². The van der Waals surface area contributed by atoms with Gasteiger partial charge in [0.05, 0.1) is 6.54 Å². The topological polar surface area (TPSA) is 77.3 Å². The Bertz CT molecular complexity index is 864. The van der Waals surface area contributed by atoms with Gasteiger partial charge in [-0.25, -0.2) is 9.67 Å². The highest BCUT2D eigenvalue weighted by atomic mass is 35.5. The SMILES string of the molecule is O=C(CCl)OCCn1cnc(-c2ccc(C3=CCN(C(=O)CCl)CC3)cc2)n1. The summed E-state index contributed by atoms with van der Waals surface area (Å²) in [5.74, 6) is -0.0260. The summed E-state index contributed by atoms with van der Waals surface area (Å²) in [7, 11) is 0. The average Bonchev–Trinajstić information content (AvgIpc) is 3.22. The van der Waals surface area contributed by atoms with Gasteiger partial charge in [0.25, 0.3) is 0 Å². The first kappa shape index (κ1) is 20.4. The molecule has 1 aromatic heterocycles. The van der Waals surface area contributed by atoms with Gasteiger partial charge in [-0.1, -0.05) is 30.3 Å². The fourth-order valence-electron chi connectivity index (χ4n) is 2.90. The maximum Gasteiger partial charge on any atom is 0.320 e. The number of carbonyl (C=O) groups is 2. The van der Waals surface area contributed by atoms with Crippen LogP contribution in [-0.4, -0.2) is 63.0 Å². The van der Waals surface area contributed by atoms with E-state index in [0.29, 0.717) is 25.5 Å². The number of rotatable bonds is 7. The lowest BCUT2D eigenvalue weighted by Crippen LogP contribution is -2.35. The number of halogens is 2. The predicted molar refractivity (Wildman–Crippen MR) is 107 cm³/mol. The molecule has 0 saturated carbocycles. The molecule has 1 aliphatic heterocycles. The minimum Gasteiger partial charge on any atom is -0.463 e. The molecule has 0 aliphatic carbocycles. The molecule has 0 unspecified atom stereocenters. The van der Waals surface area contributed by atoms with Gasteiger partial charge < -0.3 is 9.64 Å². The molecule has 0 atom stereocenters. The molecule has 0 bridgehead atoms. The molecule has 9 heteroatoms. The standard InChI is InChI=1S/C19H20Cl2N4O3/c20-11-17(26)24-7-5-15(6-8-24)14-1-3-16(4-2-14)19-22-13-25(23-19)9-10-28-18(27)12-21/h1-5,13H,6-12H2. The zero-order valence-electron chi connectivity index (χ0n) is 15.2. The Hall–Kier alpha value is -2.38. The van der Waals surface area contributed by atoms with Crippen LogP contribution < -0.4 is 0 Å². The zero-order valence-corrected chi connectivity index (χ0v) is 16.7. The van der Waals surface area contributed by atoms with Crippen molar-refractivity contribution in [2.24, 2.45) is 0 Å². The van der Waals surface area contributed by atoms with Gasteiger partial charge in [0.2, 0.25) is 5.91 Å². The van der Waals surface area contributed by atoms with Gasteiger partial charge >= 0.3 is 5.97 Å². The molecule has 0 radical (unpaired) electrons. The van der Waals surface area contributed by atoms with Crippen molar-refractivity contribution >= 4 is 40.7 Å². The van der Waals surface area contributed by atoms with Crippen molar-refractivity contribution in [3.05, 3.63) is 42.2 Å². The number of hydrogen-bond donors (Lipinski definition) is 0. The minimum atomic E-state index is -0.454. The number of aromatic nitrogens is 3. The van der Waals surface area contributed by atoms with Crippen LogP contribution in [0.25, 0.3) is 17.0 Å². The van der Waals surface area contributed by atoms with Gasteiger partial charge in [0.1, 0.15) is 24.7 Å². The van der Waals surface area contributed by atoms with Crippen molar-refractivity contribution in [1.29, 1.82) is 0 Å². The molecule has 2 aromatic rings. The molecule has 148 valence electrons. The van der Waals surface area contributed by atoms with Gasteiger partial charge in [-0.2, -0.15) is 5.10 Å². The van der Waals surface area contributed by atoms with Crippen LogP contribution in [0.15, 0.2) is 36.7 Å². The van der Waals surface area contributed by atoms with E-state index >= 15 is 0 Å². The van der Waals surface area contributed by atoms with Crippen molar-refractivity contribution in [1.82, 2.24) is 19.7 Å². The lowest BCUT2D eigenvalue weighted by molar-refractivity contribution is -0.140. The number of nitrogens with zero attached hydrogens (tertiary/aromatic N) is 4. The van der Waals surface area contributed by atoms with Gasteiger partial charge in [0, 0.05) is 18.7 Å². The molecule has 1 aliphatic rings. The molecule has 1 aromatic carbocycles. The molecule has 28 heavy (non-hydrogen) atoms. The highest BCUT2D eigenvalue weighted by Crippen LogP contribution is 2.25. The first-order chi connectivity index (χ1) is 13.6. The lowest BCUT2D eigenvalue weighted by atomic mass is 9.98. The molecule has 2 heterocycles. The summed E-state index contributed by atoms with van der Waals surface area (Å²) in [4.78, 5) is 28.7. The van der Waals surface area contributed by atoms with Crippen molar-refractivity contribution < 1.29 is 14.3 Å². The number of benzene rings is 1. The van der Waals surface area contributed by atoms with E-state index in [0.717, 1.165) is 17.5 Å². The Kier molecular flexibility index (Phi) is 7.06. The van der Waals surface area contributed by atoms with Gasteiger partial charge in [-0.05, 0) is 17.6 Å². The number of esters is 1. The molecule has 3 rings (SSSR count). The third-order valence-electron chi connectivity index (χ3n) is 4.42. The molecule has 0 saturated heterocycles. The fraction of sp³-hybridized carbons (Fsp3) is 0.368. The molecule has 0 fully saturated rings. The number of hydrogen-bond acceptors (Lipinski definition) is 5. The van der Waals surface area contributed by atoms with Crippen LogP contribution in [0.2, 0.25) is 0 Å². The molecular formula is C19H20Cl2N4O3. The summed E-state index contributed by atoms with van der Waals surface area (Å²) >= 11 is 11.0. The van der Waals surface area contributed by atoms with E-state index in [9.17, 15) is 9.59 Å². The van der Waals surface area contributed by atoms with Crippen molar-refractivity contribution in [2.75, 3.05) is 31.5 Å². The summed E-state index contributed by atoms with van der Waals surface area (Å²) in [6.45, 7) is 1.88. The van der Waals surface area contributed by atoms with Crippen molar-refractivity contribution in [3.8, 4) is 11.4 Å². The quantitative estimate of drug-likeness (QED) is 0.506. The minimum absolute atomic E-state index is 0.0205. The van der Waals surface area contributed by atoms with Crippen LogP contribution in [0.5, 0.6) is 0 Å². The average molecular weight is 423 g/mol. The maximum absolute atomic E-state index is 11.6. The highest BCUT2D eigenvalue weighted by Gasteiger charge is 2.17. The normalized spacial score (nSPS) is 13.9. The number of carbonyl (C=O) groups excluding carboxylic acids is 2. The predicted octanol–water partition coefficient (Wildman–Crippen LogP) is 2.58.